The van der Waals surface area contributed by atoms with Crippen molar-refractivity contribution < 1.29 is 4.79 Å². The summed E-state index contributed by atoms with van der Waals surface area (Å²) in [5.41, 5.74) is 0.180. The fourth-order valence-corrected chi connectivity index (χ4v) is 3.97. The van der Waals surface area contributed by atoms with Crippen molar-refractivity contribution in [3.8, 4) is 0 Å². The molecule has 0 bridgehead atoms. The summed E-state index contributed by atoms with van der Waals surface area (Å²) < 4.78 is 0. The van der Waals surface area contributed by atoms with E-state index in [1.54, 1.807) is 0 Å². The molecule has 17 heavy (non-hydrogen) atoms. The Bertz CT molecular complexity index is 303. The van der Waals surface area contributed by atoms with Gasteiger partial charge in [0.2, 0.25) is 5.91 Å². The van der Waals surface area contributed by atoms with Gasteiger partial charge in [-0.1, -0.05) is 27.2 Å². The number of carbonyl (C=O) groups is 1. The highest BCUT2D eigenvalue weighted by molar-refractivity contribution is 6.18. The van der Waals surface area contributed by atoms with E-state index < -0.39 is 0 Å². The molecule has 3 atom stereocenters. The average Bonchev–Trinajstić information content (AvgIpc) is 2.80. The lowest BCUT2D eigenvalue weighted by atomic mass is 9.81. The topological polar surface area (TPSA) is 20.3 Å². The predicted octanol–water partition coefficient (Wildman–Crippen LogP) is 3.29. The van der Waals surface area contributed by atoms with Crippen LogP contribution < -0.4 is 0 Å². The Kier molecular flexibility index (Phi) is 3.72. The summed E-state index contributed by atoms with van der Waals surface area (Å²) >= 11 is 6.03. The standard InChI is InChI=1S/C14H24ClNO/c1-10-6-8-16(12(10)9-15)13(17)11-5-4-7-14(11,2)3/h10-12H,4-9H2,1-3H3. The SMILES string of the molecule is CC1CCN(C(=O)C2CCCC2(C)C)C1CCl. The Morgan fingerprint density at radius 2 is 2.12 bits per heavy atom. The Balaban J connectivity index is 2.10. The predicted molar refractivity (Wildman–Crippen MR) is 71.1 cm³/mol. The molecule has 2 aliphatic rings. The van der Waals surface area contributed by atoms with Gasteiger partial charge < -0.3 is 4.90 Å². The van der Waals surface area contributed by atoms with Gasteiger partial charge in [0.25, 0.3) is 0 Å². The van der Waals surface area contributed by atoms with E-state index in [4.69, 9.17) is 11.6 Å². The highest BCUT2D eigenvalue weighted by Crippen LogP contribution is 2.44. The minimum atomic E-state index is 0.180. The molecule has 1 saturated heterocycles. The number of likely N-dealkylation sites (tertiary alicyclic amines) is 1. The van der Waals surface area contributed by atoms with Gasteiger partial charge in [-0.2, -0.15) is 0 Å². The van der Waals surface area contributed by atoms with Gasteiger partial charge in [-0.15, -0.1) is 11.6 Å². The van der Waals surface area contributed by atoms with Crippen LogP contribution in [-0.4, -0.2) is 29.3 Å². The molecule has 1 heterocycles. The van der Waals surface area contributed by atoms with Gasteiger partial charge in [-0.05, 0) is 30.6 Å². The van der Waals surface area contributed by atoms with Gasteiger partial charge in [0.05, 0.1) is 0 Å². The van der Waals surface area contributed by atoms with E-state index in [1.807, 2.05) is 0 Å². The van der Waals surface area contributed by atoms with Crippen molar-refractivity contribution in [1.29, 1.82) is 0 Å². The fourth-order valence-electron chi connectivity index (χ4n) is 3.50. The molecule has 0 aromatic rings. The number of alkyl halides is 1. The summed E-state index contributed by atoms with van der Waals surface area (Å²) in [7, 11) is 0. The van der Waals surface area contributed by atoms with Crippen molar-refractivity contribution in [3.05, 3.63) is 0 Å². The van der Waals surface area contributed by atoms with E-state index >= 15 is 0 Å². The van der Waals surface area contributed by atoms with E-state index in [-0.39, 0.29) is 17.4 Å². The Labute approximate surface area is 110 Å². The molecule has 2 fully saturated rings. The van der Waals surface area contributed by atoms with Crippen LogP contribution in [0.2, 0.25) is 0 Å². The second-order valence-electron chi connectivity index (χ2n) is 6.45. The molecule has 2 nitrogen and oxygen atoms in total. The monoisotopic (exact) mass is 257 g/mol. The second kappa shape index (κ2) is 4.79. The maximum absolute atomic E-state index is 12.6. The summed E-state index contributed by atoms with van der Waals surface area (Å²) in [6.45, 7) is 7.58. The summed E-state index contributed by atoms with van der Waals surface area (Å²) in [6.07, 6.45) is 4.54. The molecule has 2 rings (SSSR count). The van der Waals surface area contributed by atoms with E-state index in [0.717, 1.165) is 19.4 Å². The van der Waals surface area contributed by atoms with Gasteiger partial charge in [-0.25, -0.2) is 0 Å². The molecule has 3 unspecified atom stereocenters. The second-order valence-corrected chi connectivity index (χ2v) is 6.76. The molecule has 1 aliphatic carbocycles. The van der Waals surface area contributed by atoms with Gasteiger partial charge in [0, 0.05) is 24.4 Å². The van der Waals surface area contributed by atoms with Gasteiger partial charge in [0.1, 0.15) is 0 Å². The van der Waals surface area contributed by atoms with Crippen LogP contribution in [0.4, 0.5) is 0 Å². The largest absolute Gasteiger partial charge is 0.338 e. The molecule has 0 spiro atoms. The highest BCUT2D eigenvalue weighted by atomic mass is 35.5. The molecule has 0 radical (unpaired) electrons. The zero-order valence-electron chi connectivity index (χ0n) is 11.2. The van der Waals surface area contributed by atoms with Crippen molar-refractivity contribution in [1.82, 2.24) is 4.90 Å². The lowest BCUT2D eigenvalue weighted by Gasteiger charge is -2.33. The molecule has 1 amide bonds. The molecule has 1 aliphatic heterocycles. The van der Waals surface area contributed by atoms with Crippen molar-refractivity contribution in [2.75, 3.05) is 12.4 Å². The quantitative estimate of drug-likeness (QED) is 0.696. The third-order valence-electron chi connectivity index (χ3n) is 4.88. The van der Waals surface area contributed by atoms with Crippen LogP contribution in [0.15, 0.2) is 0 Å². The molecule has 98 valence electrons. The van der Waals surface area contributed by atoms with Crippen molar-refractivity contribution in [2.24, 2.45) is 17.3 Å². The zero-order valence-corrected chi connectivity index (χ0v) is 12.0. The molecule has 0 N–H and O–H groups in total. The van der Waals surface area contributed by atoms with Crippen LogP contribution in [-0.2, 0) is 4.79 Å². The average molecular weight is 258 g/mol. The minimum Gasteiger partial charge on any atom is -0.338 e. The van der Waals surface area contributed by atoms with Crippen LogP contribution in [0.3, 0.4) is 0 Å². The van der Waals surface area contributed by atoms with Crippen LogP contribution in [0.5, 0.6) is 0 Å². The first-order chi connectivity index (χ1) is 7.97. The third kappa shape index (κ3) is 2.33. The number of nitrogens with zero attached hydrogens (tertiary/aromatic N) is 1. The van der Waals surface area contributed by atoms with E-state index in [2.05, 4.69) is 25.7 Å². The zero-order chi connectivity index (χ0) is 12.6. The molecule has 0 aromatic heterocycles. The summed E-state index contributed by atoms with van der Waals surface area (Å²) in [5.74, 6) is 1.72. The van der Waals surface area contributed by atoms with Crippen molar-refractivity contribution >= 4 is 17.5 Å². The minimum absolute atomic E-state index is 0.180. The van der Waals surface area contributed by atoms with Gasteiger partial charge in [0.15, 0.2) is 0 Å². The van der Waals surface area contributed by atoms with E-state index in [1.165, 1.54) is 12.8 Å². The molecule has 1 saturated carbocycles. The first kappa shape index (κ1) is 13.2. The molecular formula is C14H24ClNO. The maximum Gasteiger partial charge on any atom is 0.226 e. The van der Waals surface area contributed by atoms with Crippen molar-refractivity contribution in [3.63, 3.8) is 0 Å². The number of halogens is 1. The Hall–Kier alpha value is -0.240. The fraction of sp³-hybridized carbons (Fsp3) is 0.929. The number of rotatable bonds is 2. The first-order valence-corrected chi connectivity index (χ1v) is 7.37. The van der Waals surface area contributed by atoms with E-state index in [9.17, 15) is 4.79 Å². The lowest BCUT2D eigenvalue weighted by Crippen LogP contribution is -2.44. The van der Waals surface area contributed by atoms with Crippen LogP contribution in [0, 0.1) is 17.3 Å². The highest BCUT2D eigenvalue weighted by Gasteiger charge is 2.44. The third-order valence-corrected chi connectivity index (χ3v) is 5.20. The number of amides is 1. The Morgan fingerprint density at radius 3 is 2.65 bits per heavy atom. The first-order valence-electron chi connectivity index (χ1n) is 6.84. The lowest BCUT2D eigenvalue weighted by molar-refractivity contribution is -0.139. The number of carbonyl (C=O) groups excluding carboxylic acids is 1. The van der Waals surface area contributed by atoms with Crippen LogP contribution in [0.25, 0.3) is 0 Å². The number of hydrogen-bond donors (Lipinski definition) is 0. The summed E-state index contributed by atoms with van der Waals surface area (Å²) in [6, 6.07) is 0.264. The molecule has 0 aromatic carbocycles. The summed E-state index contributed by atoms with van der Waals surface area (Å²) in [4.78, 5) is 14.7. The number of hydrogen-bond acceptors (Lipinski definition) is 1. The van der Waals surface area contributed by atoms with Crippen molar-refractivity contribution in [2.45, 2.75) is 52.5 Å². The van der Waals surface area contributed by atoms with Gasteiger partial charge >= 0.3 is 0 Å². The van der Waals surface area contributed by atoms with Crippen LogP contribution in [0.1, 0.15) is 46.5 Å². The summed E-state index contributed by atoms with van der Waals surface area (Å²) in [5, 5.41) is 0. The van der Waals surface area contributed by atoms with E-state index in [0.29, 0.717) is 17.7 Å². The smallest absolute Gasteiger partial charge is 0.226 e. The Morgan fingerprint density at radius 1 is 1.41 bits per heavy atom. The van der Waals surface area contributed by atoms with Crippen LogP contribution >= 0.6 is 11.6 Å². The normalized spacial score (nSPS) is 36.5. The molecular weight excluding hydrogens is 234 g/mol. The molecule has 3 heteroatoms. The maximum atomic E-state index is 12.6. The van der Waals surface area contributed by atoms with Gasteiger partial charge in [-0.3, -0.25) is 4.79 Å².